The van der Waals surface area contributed by atoms with E-state index in [-0.39, 0.29) is 22.8 Å². The molecule has 2 aromatic rings. The minimum atomic E-state index is -3.59. The van der Waals surface area contributed by atoms with Crippen LogP contribution in [0.5, 0.6) is 0 Å². The Labute approximate surface area is 165 Å². The Bertz CT molecular complexity index is 988. The van der Waals surface area contributed by atoms with Crippen LogP contribution in [-0.2, 0) is 21.3 Å². The molecular formula is C20H24N2O5S. The van der Waals surface area contributed by atoms with Gasteiger partial charge in [0.15, 0.2) is 6.61 Å². The van der Waals surface area contributed by atoms with E-state index in [1.54, 1.807) is 19.1 Å². The van der Waals surface area contributed by atoms with Gasteiger partial charge in [-0.3, -0.25) is 4.79 Å². The summed E-state index contributed by atoms with van der Waals surface area (Å²) in [7, 11) is -3.59. The summed E-state index contributed by atoms with van der Waals surface area (Å²) in [4.78, 5) is 24.6. The molecule has 1 N–H and O–H groups in total. The monoisotopic (exact) mass is 404 g/mol. The molecule has 0 aliphatic carbocycles. The fraction of sp³-hybridized carbons (Fsp3) is 0.300. The molecule has 0 spiro atoms. The van der Waals surface area contributed by atoms with E-state index in [4.69, 9.17) is 4.74 Å². The largest absolute Gasteiger partial charge is 0.454 e. The minimum Gasteiger partial charge on any atom is -0.454 e. The fourth-order valence-electron chi connectivity index (χ4n) is 2.83. The fourth-order valence-corrected chi connectivity index (χ4v) is 3.87. The third kappa shape index (κ3) is 4.76. The molecule has 7 nitrogen and oxygen atoms in total. The van der Waals surface area contributed by atoms with E-state index in [0.29, 0.717) is 12.1 Å². The molecule has 1 aromatic heterocycles. The van der Waals surface area contributed by atoms with Crippen LogP contribution in [0, 0.1) is 13.8 Å². The van der Waals surface area contributed by atoms with Crippen molar-refractivity contribution in [3.8, 4) is 0 Å². The molecule has 0 atom stereocenters. The molecule has 0 unspecified atom stereocenters. The second kappa shape index (κ2) is 8.99. The van der Waals surface area contributed by atoms with Gasteiger partial charge in [-0.1, -0.05) is 13.0 Å². The summed E-state index contributed by atoms with van der Waals surface area (Å²) < 4.78 is 33.2. The van der Waals surface area contributed by atoms with Crippen LogP contribution < -0.4 is 4.72 Å². The van der Waals surface area contributed by atoms with Crippen LogP contribution in [0.15, 0.2) is 47.9 Å². The van der Waals surface area contributed by atoms with E-state index in [9.17, 15) is 18.0 Å². The Kier molecular flexibility index (Phi) is 6.93. The molecule has 1 aromatic carbocycles. The van der Waals surface area contributed by atoms with Crippen molar-refractivity contribution in [2.24, 2.45) is 0 Å². The summed E-state index contributed by atoms with van der Waals surface area (Å²) in [6.07, 6.45) is 1.74. The van der Waals surface area contributed by atoms with Gasteiger partial charge in [0.2, 0.25) is 15.8 Å². The lowest BCUT2D eigenvalue weighted by Crippen LogP contribution is -2.23. The van der Waals surface area contributed by atoms with Crippen LogP contribution in [0.4, 0.5) is 0 Å². The van der Waals surface area contributed by atoms with Crippen molar-refractivity contribution in [1.82, 2.24) is 9.29 Å². The Hall–Kier alpha value is -2.71. The summed E-state index contributed by atoms with van der Waals surface area (Å²) >= 11 is 0. The van der Waals surface area contributed by atoms with Crippen LogP contribution >= 0.6 is 0 Å². The third-order valence-electron chi connectivity index (χ3n) is 4.25. The molecule has 0 amide bonds. The summed E-state index contributed by atoms with van der Waals surface area (Å²) in [5.41, 5.74) is 2.38. The number of allylic oxidation sites excluding steroid dienone is 1. The number of nitrogens with zero attached hydrogens (tertiary/aromatic N) is 1. The first-order valence-corrected chi connectivity index (χ1v) is 10.3. The highest BCUT2D eigenvalue weighted by molar-refractivity contribution is 7.89. The molecular weight excluding hydrogens is 380 g/mol. The first-order chi connectivity index (χ1) is 13.2. The standard InChI is InChI=1S/C20H24N2O5S/c1-5-11-22-14(3)12-18(15(22)4)19(23)13-27-20(24)16-7-9-17(10-8-16)28(25,26)21-6-2/h5,7-10,12,21H,1,6,11,13H2,2-4H3. The first kappa shape index (κ1) is 21.6. The Morgan fingerprint density at radius 1 is 1.21 bits per heavy atom. The number of esters is 1. The highest BCUT2D eigenvalue weighted by Gasteiger charge is 2.18. The predicted molar refractivity (Wildman–Crippen MR) is 106 cm³/mol. The van der Waals surface area contributed by atoms with Crippen LogP contribution in [0.2, 0.25) is 0 Å². The van der Waals surface area contributed by atoms with Crippen LogP contribution in [0.3, 0.4) is 0 Å². The molecule has 0 aliphatic heterocycles. The maximum Gasteiger partial charge on any atom is 0.338 e. The zero-order valence-corrected chi connectivity index (χ0v) is 17.0. The van der Waals surface area contributed by atoms with Crippen LogP contribution in [-0.4, -0.2) is 37.9 Å². The lowest BCUT2D eigenvalue weighted by Gasteiger charge is -2.08. The average molecular weight is 404 g/mol. The van der Waals surface area contributed by atoms with Crippen molar-refractivity contribution in [2.45, 2.75) is 32.2 Å². The number of carbonyl (C=O) groups is 2. The number of benzene rings is 1. The first-order valence-electron chi connectivity index (χ1n) is 8.79. The number of Topliss-reactive ketones (excluding diaryl/α,β-unsaturated/α-hetero) is 1. The molecule has 8 heteroatoms. The summed E-state index contributed by atoms with van der Waals surface area (Å²) in [5.74, 6) is -0.997. The second-order valence-electron chi connectivity index (χ2n) is 6.21. The molecule has 0 saturated heterocycles. The van der Waals surface area contributed by atoms with Crippen molar-refractivity contribution in [2.75, 3.05) is 13.2 Å². The third-order valence-corrected chi connectivity index (χ3v) is 5.82. The van der Waals surface area contributed by atoms with E-state index in [0.717, 1.165) is 11.4 Å². The smallest absolute Gasteiger partial charge is 0.338 e. The highest BCUT2D eigenvalue weighted by Crippen LogP contribution is 2.17. The molecule has 1 heterocycles. The number of nitrogens with one attached hydrogen (secondary N) is 1. The topological polar surface area (TPSA) is 94.5 Å². The number of sulfonamides is 1. The molecule has 2 rings (SSSR count). The molecule has 0 fully saturated rings. The number of ketones is 1. The average Bonchev–Trinajstić information content (AvgIpc) is 2.94. The molecule has 150 valence electrons. The number of carbonyl (C=O) groups excluding carboxylic acids is 2. The summed E-state index contributed by atoms with van der Waals surface area (Å²) in [6, 6.07) is 7.11. The maximum absolute atomic E-state index is 12.4. The zero-order chi connectivity index (χ0) is 20.9. The van der Waals surface area contributed by atoms with Crippen LogP contribution in [0.25, 0.3) is 0 Å². The van der Waals surface area contributed by atoms with Gasteiger partial charge in [-0.2, -0.15) is 0 Å². The summed E-state index contributed by atoms with van der Waals surface area (Å²) in [5, 5.41) is 0. The lowest BCUT2D eigenvalue weighted by atomic mass is 10.1. The van der Waals surface area contributed by atoms with Gasteiger partial charge < -0.3 is 9.30 Å². The van der Waals surface area contributed by atoms with Crippen molar-refractivity contribution < 1.29 is 22.7 Å². The van der Waals surface area contributed by atoms with Crippen molar-refractivity contribution >= 4 is 21.8 Å². The Morgan fingerprint density at radius 2 is 1.86 bits per heavy atom. The second-order valence-corrected chi connectivity index (χ2v) is 7.98. The number of hydrogen-bond acceptors (Lipinski definition) is 5. The van der Waals surface area contributed by atoms with Gasteiger partial charge in [0.1, 0.15) is 0 Å². The van der Waals surface area contributed by atoms with Gasteiger partial charge in [-0.15, -0.1) is 6.58 Å². The van der Waals surface area contributed by atoms with E-state index in [1.807, 2.05) is 18.4 Å². The van der Waals surface area contributed by atoms with E-state index in [1.165, 1.54) is 24.3 Å². The number of ether oxygens (including phenoxy) is 1. The van der Waals surface area contributed by atoms with Crippen LogP contribution in [0.1, 0.15) is 39.0 Å². The van der Waals surface area contributed by atoms with Gasteiger partial charge in [-0.25, -0.2) is 17.9 Å². The lowest BCUT2D eigenvalue weighted by molar-refractivity contribution is 0.0474. The highest BCUT2D eigenvalue weighted by atomic mass is 32.2. The van der Waals surface area contributed by atoms with Crippen molar-refractivity contribution in [3.63, 3.8) is 0 Å². The normalized spacial score (nSPS) is 11.2. The minimum absolute atomic E-state index is 0.0524. The number of aryl methyl sites for hydroxylation is 1. The van der Waals surface area contributed by atoms with Gasteiger partial charge in [0.05, 0.1) is 10.5 Å². The zero-order valence-electron chi connectivity index (χ0n) is 16.2. The van der Waals surface area contributed by atoms with Gasteiger partial charge >= 0.3 is 5.97 Å². The van der Waals surface area contributed by atoms with Crippen molar-refractivity contribution in [3.05, 3.63) is 65.5 Å². The molecule has 0 saturated carbocycles. The van der Waals surface area contributed by atoms with Gasteiger partial charge in [0.25, 0.3) is 0 Å². The van der Waals surface area contributed by atoms with Crippen molar-refractivity contribution in [1.29, 1.82) is 0 Å². The molecule has 28 heavy (non-hydrogen) atoms. The quantitative estimate of drug-likeness (QED) is 0.394. The number of hydrogen-bond donors (Lipinski definition) is 1. The van der Waals surface area contributed by atoms with E-state index < -0.39 is 22.6 Å². The molecule has 0 radical (unpaired) electrons. The molecule has 0 bridgehead atoms. The Balaban J connectivity index is 2.05. The maximum atomic E-state index is 12.4. The predicted octanol–water partition coefficient (Wildman–Crippen LogP) is 2.63. The summed E-state index contributed by atoms with van der Waals surface area (Å²) in [6.45, 7) is 9.56. The van der Waals surface area contributed by atoms with Gasteiger partial charge in [0, 0.05) is 30.0 Å². The van der Waals surface area contributed by atoms with Gasteiger partial charge in [-0.05, 0) is 44.2 Å². The Morgan fingerprint density at radius 3 is 2.43 bits per heavy atom. The number of rotatable bonds is 9. The van der Waals surface area contributed by atoms with E-state index in [2.05, 4.69) is 11.3 Å². The molecule has 0 aliphatic rings. The SMILES string of the molecule is C=CCn1c(C)cc(C(=O)COC(=O)c2ccc(S(=O)(=O)NCC)cc2)c1C. The number of aromatic nitrogens is 1. The van der Waals surface area contributed by atoms with E-state index >= 15 is 0 Å².